The largest absolute Gasteiger partial charge is 0.311 e. The molecule has 1 nitrogen and oxygen atoms in total. The van der Waals surface area contributed by atoms with Crippen molar-refractivity contribution in [2.75, 3.05) is 4.90 Å². The summed E-state index contributed by atoms with van der Waals surface area (Å²) in [6, 6.07) is 75.0. The van der Waals surface area contributed by atoms with E-state index in [1.165, 1.54) is 76.1 Å². The third-order valence-corrected chi connectivity index (χ3v) is 11.5. The normalized spacial score (nSPS) is 11.3. The van der Waals surface area contributed by atoms with Gasteiger partial charge in [0.15, 0.2) is 0 Å². The molecule has 0 aliphatic carbocycles. The summed E-state index contributed by atoms with van der Waals surface area (Å²) >= 11 is 1.80. The third-order valence-electron chi connectivity index (χ3n) is 10.6. The molecule has 0 saturated heterocycles. The molecule has 0 unspecified atom stereocenters. The standard InChI is InChI=1S/C52H35NS/c1-3-9-43-33-45(19-15-36(43)7-1)40-23-29-48(30-24-40)53(49-31-25-41(26-32-49)46-20-16-37-8-2-4-10-44(37)34-46)47-27-21-39(22-28-47)38-13-17-42(18-14-38)51-35-54-52-12-6-5-11-50(51)52/h1-35H. The molecule has 0 aliphatic heterocycles. The Morgan fingerprint density at radius 2 is 0.667 bits per heavy atom. The Morgan fingerprint density at radius 1 is 0.296 bits per heavy atom. The molecule has 54 heavy (non-hydrogen) atoms. The maximum Gasteiger partial charge on any atom is 0.0462 e. The molecule has 0 amide bonds. The maximum atomic E-state index is 2.35. The van der Waals surface area contributed by atoms with Gasteiger partial charge in [0.25, 0.3) is 0 Å². The molecule has 2 heteroatoms. The molecule has 10 aromatic rings. The van der Waals surface area contributed by atoms with Crippen LogP contribution in [0.2, 0.25) is 0 Å². The van der Waals surface area contributed by atoms with Gasteiger partial charge in [0.2, 0.25) is 0 Å². The zero-order valence-corrected chi connectivity index (χ0v) is 30.4. The average molecular weight is 706 g/mol. The van der Waals surface area contributed by atoms with Gasteiger partial charge in [-0.1, -0.05) is 152 Å². The lowest BCUT2D eigenvalue weighted by Gasteiger charge is -2.26. The number of fused-ring (bicyclic) bond motifs is 3. The number of hydrogen-bond acceptors (Lipinski definition) is 2. The molecule has 0 atom stereocenters. The quantitative estimate of drug-likeness (QED) is 0.160. The smallest absolute Gasteiger partial charge is 0.0462 e. The molecule has 1 heterocycles. The molecule has 1 aromatic heterocycles. The van der Waals surface area contributed by atoms with Crippen molar-refractivity contribution in [2.24, 2.45) is 0 Å². The van der Waals surface area contributed by atoms with Crippen molar-refractivity contribution < 1.29 is 0 Å². The first kappa shape index (κ1) is 32.0. The zero-order valence-electron chi connectivity index (χ0n) is 29.6. The fraction of sp³-hybridized carbons (Fsp3) is 0. The minimum Gasteiger partial charge on any atom is -0.311 e. The first-order chi connectivity index (χ1) is 26.7. The maximum absolute atomic E-state index is 2.35. The van der Waals surface area contributed by atoms with E-state index in [2.05, 4.69) is 217 Å². The van der Waals surface area contributed by atoms with Crippen molar-refractivity contribution in [3.8, 4) is 44.5 Å². The van der Waals surface area contributed by atoms with E-state index in [9.17, 15) is 0 Å². The summed E-state index contributed by atoms with van der Waals surface area (Å²) in [5.74, 6) is 0. The van der Waals surface area contributed by atoms with Crippen LogP contribution in [0.25, 0.3) is 76.1 Å². The molecule has 0 saturated carbocycles. The van der Waals surface area contributed by atoms with E-state index in [1.807, 2.05) is 0 Å². The Bertz CT molecular complexity index is 2780. The number of thiophene rings is 1. The van der Waals surface area contributed by atoms with E-state index in [-0.39, 0.29) is 0 Å². The van der Waals surface area contributed by atoms with Crippen LogP contribution in [0.15, 0.2) is 212 Å². The second kappa shape index (κ2) is 13.7. The summed E-state index contributed by atoms with van der Waals surface area (Å²) < 4.78 is 1.32. The SMILES string of the molecule is c1ccc2cc(-c3ccc(N(c4ccc(-c5ccc(-c6csc7ccccc67)cc5)cc4)c4ccc(-c5ccc6ccccc6c5)cc4)cc3)ccc2c1. The van der Waals surface area contributed by atoms with Crippen LogP contribution in [0, 0.1) is 0 Å². The van der Waals surface area contributed by atoms with Gasteiger partial charge >= 0.3 is 0 Å². The monoisotopic (exact) mass is 705 g/mol. The highest BCUT2D eigenvalue weighted by atomic mass is 32.1. The van der Waals surface area contributed by atoms with Crippen LogP contribution in [0.4, 0.5) is 17.1 Å². The van der Waals surface area contributed by atoms with Crippen molar-refractivity contribution in [3.63, 3.8) is 0 Å². The number of hydrogen-bond donors (Lipinski definition) is 0. The number of benzene rings is 9. The van der Waals surface area contributed by atoms with Crippen molar-refractivity contribution in [2.45, 2.75) is 0 Å². The van der Waals surface area contributed by atoms with Crippen LogP contribution in [-0.4, -0.2) is 0 Å². The Kier molecular flexibility index (Phi) is 8.09. The minimum atomic E-state index is 1.11. The summed E-state index contributed by atoms with van der Waals surface area (Å²) in [6.45, 7) is 0. The summed E-state index contributed by atoms with van der Waals surface area (Å²) in [4.78, 5) is 2.35. The van der Waals surface area contributed by atoms with E-state index in [0.29, 0.717) is 0 Å². The van der Waals surface area contributed by atoms with Crippen molar-refractivity contribution in [1.29, 1.82) is 0 Å². The molecule has 254 valence electrons. The molecular weight excluding hydrogens is 671 g/mol. The summed E-state index contributed by atoms with van der Waals surface area (Å²) in [7, 11) is 0. The molecule has 0 N–H and O–H groups in total. The van der Waals surface area contributed by atoms with Gasteiger partial charge < -0.3 is 4.90 Å². The van der Waals surface area contributed by atoms with Gasteiger partial charge in [-0.05, 0) is 120 Å². The molecule has 0 aliphatic rings. The fourth-order valence-corrected chi connectivity index (χ4v) is 8.61. The number of anilines is 3. The Labute approximate surface area is 319 Å². The summed E-state index contributed by atoms with van der Waals surface area (Å²) in [6.07, 6.45) is 0. The van der Waals surface area contributed by atoms with E-state index >= 15 is 0 Å². The van der Waals surface area contributed by atoms with Gasteiger partial charge in [0.1, 0.15) is 0 Å². The van der Waals surface area contributed by atoms with Crippen LogP contribution in [0.3, 0.4) is 0 Å². The summed E-state index contributed by atoms with van der Waals surface area (Å²) in [5, 5.41) is 8.60. The second-order valence-electron chi connectivity index (χ2n) is 13.8. The van der Waals surface area contributed by atoms with Crippen molar-refractivity contribution in [3.05, 3.63) is 212 Å². The van der Waals surface area contributed by atoms with Crippen molar-refractivity contribution in [1.82, 2.24) is 0 Å². The van der Waals surface area contributed by atoms with Crippen LogP contribution >= 0.6 is 11.3 Å². The average Bonchev–Trinajstić information content (AvgIpc) is 3.69. The van der Waals surface area contributed by atoms with Crippen molar-refractivity contribution >= 4 is 60.0 Å². The van der Waals surface area contributed by atoms with Crippen LogP contribution in [-0.2, 0) is 0 Å². The zero-order chi connectivity index (χ0) is 35.8. The molecule has 0 spiro atoms. The van der Waals surface area contributed by atoms with E-state index in [0.717, 1.165) is 17.1 Å². The molecular formula is C52H35NS. The van der Waals surface area contributed by atoms with Gasteiger partial charge in [-0.25, -0.2) is 0 Å². The lowest BCUT2D eigenvalue weighted by atomic mass is 9.99. The topological polar surface area (TPSA) is 3.24 Å². The highest BCUT2D eigenvalue weighted by Gasteiger charge is 2.15. The molecule has 0 radical (unpaired) electrons. The molecule has 10 rings (SSSR count). The van der Waals surface area contributed by atoms with Gasteiger partial charge in [-0.15, -0.1) is 11.3 Å². The first-order valence-corrected chi connectivity index (χ1v) is 19.3. The van der Waals surface area contributed by atoms with E-state index < -0.39 is 0 Å². The predicted octanol–water partition coefficient (Wildman–Crippen LogP) is 15.3. The number of rotatable bonds is 7. The van der Waals surface area contributed by atoms with Gasteiger partial charge in [-0.3, -0.25) is 0 Å². The minimum absolute atomic E-state index is 1.11. The highest BCUT2D eigenvalue weighted by molar-refractivity contribution is 7.17. The summed E-state index contributed by atoms with van der Waals surface area (Å²) in [5.41, 5.74) is 13.1. The van der Waals surface area contributed by atoms with Crippen LogP contribution in [0.5, 0.6) is 0 Å². The first-order valence-electron chi connectivity index (χ1n) is 18.4. The lowest BCUT2D eigenvalue weighted by molar-refractivity contribution is 1.28. The Morgan fingerprint density at radius 3 is 1.17 bits per heavy atom. The molecule has 0 fully saturated rings. The fourth-order valence-electron chi connectivity index (χ4n) is 7.64. The van der Waals surface area contributed by atoms with Gasteiger partial charge in [0.05, 0.1) is 0 Å². The second-order valence-corrected chi connectivity index (χ2v) is 14.7. The van der Waals surface area contributed by atoms with Crippen LogP contribution < -0.4 is 4.90 Å². The molecule has 9 aromatic carbocycles. The van der Waals surface area contributed by atoms with Gasteiger partial charge in [-0.2, -0.15) is 0 Å². The molecule has 0 bridgehead atoms. The van der Waals surface area contributed by atoms with Gasteiger partial charge in [0, 0.05) is 32.7 Å². The third kappa shape index (κ3) is 6.03. The van der Waals surface area contributed by atoms with E-state index in [1.54, 1.807) is 11.3 Å². The lowest BCUT2D eigenvalue weighted by Crippen LogP contribution is -2.09. The number of nitrogens with zero attached hydrogens (tertiary/aromatic N) is 1. The van der Waals surface area contributed by atoms with E-state index in [4.69, 9.17) is 0 Å². The Balaban J connectivity index is 0.985. The predicted molar refractivity (Wildman–Crippen MR) is 233 cm³/mol. The Hall–Kier alpha value is -6.74. The highest BCUT2D eigenvalue weighted by Crippen LogP contribution is 2.39. The van der Waals surface area contributed by atoms with Crippen LogP contribution in [0.1, 0.15) is 0 Å².